The predicted molar refractivity (Wildman–Crippen MR) is 91.3 cm³/mol. The molecule has 0 bridgehead atoms. The summed E-state index contributed by atoms with van der Waals surface area (Å²) in [5.41, 5.74) is 0.716. The van der Waals surface area contributed by atoms with Crippen molar-refractivity contribution in [2.75, 3.05) is 20.5 Å². The SMILES string of the molecule is COc1cc(/C=C/C(=O)Oc2ccc3c(c2)OCO3)ccc1OCC#N. The van der Waals surface area contributed by atoms with E-state index in [0.29, 0.717) is 34.3 Å². The summed E-state index contributed by atoms with van der Waals surface area (Å²) >= 11 is 0. The first-order valence-corrected chi connectivity index (χ1v) is 7.67. The molecule has 0 atom stereocenters. The van der Waals surface area contributed by atoms with Crippen LogP contribution < -0.4 is 23.7 Å². The van der Waals surface area contributed by atoms with E-state index in [-0.39, 0.29) is 13.4 Å². The molecular formula is C19H15NO6. The molecule has 0 N–H and O–H groups in total. The Balaban J connectivity index is 1.65. The third-order valence-electron chi connectivity index (χ3n) is 3.45. The Labute approximate surface area is 149 Å². The molecule has 7 nitrogen and oxygen atoms in total. The summed E-state index contributed by atoms with van der Waals surface area (Å²) in [7, 11) is 1.50. The van der Waals surface area contributed by atoms with E-state index in [9.17, 15) is 4.79 Å². The topological polar surface area (TPSA) is 87.0 Å². The van der Waals surface area contributed by atoms with E-state index in [0.717, 1.165) is 0 Å². The average molecular weight is 353 g/mol. The normalized spacial score (nSPS) is 11.8. The molecule has 1 aliphatic rings. The minimum atomic E-state index is -0.535. The largest absolute Gasteiger partial charge is 0.493 e. The summed E-state index contributed by atoms with van der Waals surface area (Å²) in [4.78, 5) is 12.0. The third kappa shape index (κ3) is 4.05. The van der Waals surface area contributed by atoms with Crippen molar-refractivity contribution in [3.05, 3.63) is 48.0 Å². The molecule has 7 heteroatoms. The van der Waals surface area contributed by atoms with Crippen molar-refractivity contribution in [2.24, 2.45) is 0 Å². The van der Waals surface area contributed by atoms with Crippen molar-refractivity contribution in [3.63, 3.8) is 0 Å². The van der Waals surface area contributed by atoms with Gasteiger partial charge in [0.1, 0.15) is 11.8 Å². The monoisotopic (exact) mass is 353 g/mol. The van der Waals surface area contributed by atoms with Crippen LogP contribution in [0, 0.1) is 11.3 Å². The molecule has 0 saturated heterocycles. The Kier molecular flexibility index (Phi) is 5.25. The number of methoxy groups -OCH3 is 1. The molecule has 0 aromatic heterocycles. The van der Waals surface area contributed by atoms with Crippen LogP contribution in [0.1, 0.15) is 5.56 Å². The van der Waals surface area contributed by atoms with Crippen molar-refractivity contribution in [1.82, 2.24) is 0 Å². The molecule has 132 valence electrons. The fourth-order valence-electron chi connectivity index (χ4n) is 2.27. The number of carbonyl (C=O) groups is 1. The highest BCUT2D eigenvalue weighted by Crippen LogP contribution is 2.35. The van der Waals surface area contributed by atoms with Crippen LogP contribution in [0.4, 0.5) is 0 Å². The van der Waals surface area contributed by atoms with Crippen LogP contribution in [-0.4, -0.2) is 26.5 Å². The third-order valence-corrected chi connectivity index (χ3v) is 3.45. The molecule has 0 spiro atoms. The van der Waals surface area contributed by atoms with E-state index in [1.165, 1.54) is 13.2 Å². The van der Waals surface area contributed by atoms with Gasteiger partial charge < -0.3 is 23.7 Å². The van der Waals surface area contributed by atoms with Gasteiger partial charge >= 0.3 is 5.97 Å². The highest BCUT2D eigenvalue weighted by atomic mass is 16.7. The fourth-order valence-corrected chi connectivity index (χ4v) is 2.27. The van der Waals surface area contributed by atoms with Gasteiger partial charge in [0, 0.05) is 12.1 Å². The lowest BCUT2D eigenvalue weighted by Gasteiger charge is -2.08. The van der Waals surface area contributed by atoms with Crippen LogP contribution in [0.3, 0.4) is 0 Å². The maximum absolute atomic E-state index is 12.0. The molecule has 1 aliphatic heterocycles. The number of carbonyl (C=O) groups excluding carboxylic acids is 1. The van der Waals surface area contributed by atoms with Gasteiger partial charge in [-0.25, -0.2) is 4.79 Å². The minimum Gasteiger partial charge on any atom is -0.493 e. The van der Waals surface area contributed by atoms with Gasteiger partial charge in [0.2, 0.25) is 6.79 Å². The molecule has 0 fully saturated rings. The quantitative estimate of drug-likeness (QED) is 0.448. The van der Waals surface area contributed by atoms with Crippen molar-refractivity contribution in [3.8, 4) is 34.8 Å². The average Bonchev–Trinajstić information content (AvgIpc) is 3.12. The number of fused-ring (bicyclic) bond motifs is 1. The number of nitrogens with zero attached hydrogens (tertiary/aromatic N) is 1. The Morgan fingerprint density at radius 2 is 2.04 bits per heavy atom. The lowest BCUT2D eigenvalue weighted by Crippen LogP contribution is -2.03. The van der Waals surface area contributed by atoms with E-state index in [1.54, 1.807) is 42.5 Å². The summed E-state index contributed by atoms with van der Waals surface area (Å²) in [5, 5.41) is 8.57. The zero-order chi connectivity index (χ0) is 18.4. The van der Waals surface area contributed by atoms with Gasteiger partial charge in [0.05, 0.1) is 7.11 Å². The van der Waals surface area contributed by atoms with Crippen LogP contribution in [0.5, 0.6) is 28.7 Å². The summed E-state index contributed by atoms with van der Waals surface area (Å²) in [6.07, 6.45) is 2.89. The molecule has 0 amide bonds. The lowest BCUT2D eigenvalue weighted by atomic mass is 10.2. The highest BCUT2D eigenvalue weighted by Gasteiger charge is 2.14. The number of benzene rings is 2. The zero-order valence-corrected chi connectivity index (χ0v) is 13.9. The Morgan fingerprint density at radius 3 is 2.85 bits per heavy atom. The van der Waals surface area contributed by atoms with E-state index in [1.807, 2.05) is 6.07 Å². The second-order valence-corrected chi connectivity index (χ2v) is 5.13. The van der Waals surface area contributed by atoms with Gasteiger partial charge in [-0.1, -0.05) is 6.07 Å². The lowest BCUT2D eigenvalue weighted by molar-refractivity contribution is -0.128. The first-order chi connectivity index (χ1) is 12.7. The Bertz CT molecular complexity index is 884. The van der Waals surface area contributed by atoms with Gasteiger partial charge in [-0.05, 0) is 35.9 Å². The van der Waals surface area contributed by atoms with Crippen molar-refractivity contribution in [2.45, 2.75) is 0 Å². The van der Waals surface area contributed by atoms with Gasteiger partial charge in [-0.15, -0.1) is 0 Å². The van der Waals surface area contributed by atoms with Crippen LogP contribution in [0.15, 0.2) is 42.5 Å². The second kappa shape index (κ2) is 7.94. The van der Waals surface area contributed by atoms with Crippen LogP contribution in [-0.2, 0) is 4.79 Å². The number of rotatable bonds is 6. The first kappa shape index (κ1) is 17.2. The number of nitriles is 1. The van der Waals surface area contributed by atoms with E-state index in [2.05, 4.69) is 0 Å². The highest BCUT2D eigenvalue weighted by molar-refractivity contribution is 5.89. The van der Waals surface area contributed by atoms with Gasteiger partial charge in [-0.3, -0.25) is 0 Å². The summed E-state index contributed by atoms with van der Waals surface area (Å²) < 4.78 is 26.1. The number of hydrogen-bond acceptors (Lipinski definition) is 7. The molecule has 0 saturated carbocycles. The maximum Gasteiger partial charge on any atom is 0.336 e. The van der Waals surface area contributed by atoms with Crippen molar-refractivity contribution >= 4 is 12.0 Å². The molecule has 0 aliphatic carbocycles. The number of esters is 1. The number of hydrogen-bond donors (Lipinski definition) is 0. The van der Waals surface area contributed by atoms with Crippen LogP contribution in [0.2, 0.25) is 0 Å². The molecule has 2 aromatic rings. The van der Waals surface area contributed by atoms with E-state index >= 15 is 0 Å². The molecule has 26 heavy (non-hydrogen) atoms. The summed E-state index contributed by atoms with van der Waals surface area (Å²) in [6.45, 7) is 0.0793. The smallest absolute Gasteiger partial charge is 0.336 e. The Morgan fingerprint density at radius 1 is 1.19 bits per heavy atom. The molecular weight excluding hydrogens is 338 g/mol. The standard InChI is InChI=1S/C19H15NO6/c1-22-17-10-13(2-5-15(17)23-9-8-20)3-7-19(21)26-14-4-6-16-18(11-14)25-12-24-16/h2-7,10-11H,9,12H2,1H3/b7-3+. The molecule has 2 aromatic carbocycles. The second-order valence-electron chi connectivity index (χ2n) is 5.13. The molecule has 0 radical (unpaired) electrons. The fraction of sp³-hybridized carbons (Fsp3) is 0.158. The minimum absolute atomic E-state index is 0.0760. The van der Waals surface area contributed by atoms with Gasteiger partial charge in [0.25, 0.3) is 0 Å². The Hall–Kier alpha value is -3.66. The van der Waals surface area contributed by atoms with Crippen molar-refractivity contribution in [1.29, 1.82) is 5.26 Å². The van der Waals surface area contributed by atoms with Gasteiger partial charge in [-0.2, -0.15) is 5.26 Å². The molecule has 1 heterocycles. The maximum atomic E-state index is 12.0. The summed E-state index contributed by atoms with van der Waals surface area (Å²) in [5.74, 6) is 1.90. The zero-order valence-electron chi connectivity index (χ0n) is 13.9. The van der Waals surface area contributed by atoms with E-state index in [4.69, 9.17) is 28.9 Å². The predicted octanol–water partition coefficient (Wildman–Crippen LogP) is 2.95. The summed E-state index contributed by atoms with van der Waals surface area (Å²) in [6, 6.07) is 11.9. The van der Waals surface area contributed by atoms with E-state index < -0.39 is 5.97 Å². The van der Waals surface area contributed by atoms with Crippen LogP contribution in [0.25, 0.3) is 6.08 Å². The van der Waals surface area contributed by atoms with Crippen LogP contribution >= 0.6 is 0 Å². The molecule has 0 unspecified atom stereocenters. The molecule has 3 rings (SSSR count). The van der Waals surface area contributed by atoms with Crippen molar-refractivity contribution < 1.29 is 28.5 Å². The van der Waals surface area contributed by atoms with Gasteiger partial charge in [0.15, 0.2) is 29.6 Å². The number of ether oxygens (including phenoxy) is 5. The first-order valence-electron chi connectivity index (χ1n) is 7.67.